The molecule has 0 bridgehead atoms. The van der Waals surface area contributed by atoms with Gasteiger partial charge in [-0.2, -0.15) is 11.8 Å². The topological polar surface area (TPSA) is 26.3 Å². The summed E-state index contributed by atoms with van der Waals surface area (Å²) in [5.41, 5.74) is -0.123. The van der Waals surface area contributed by atoms with E-state index in [9.17, 15) is 4.79 Å². The first-order chi connectivity index (χ1) is 7.99. The quantitative estimate of drug-likeness (QED) is 0.775. The van der Waals surface area contributed by atoms with E-state index in [4.69, 9.17) is 4.74 Å². The Balaban J connectivity index is 2.04. The van der Waals surface area contributed by atoms with Gasteiger partial charge >= 0.3 is 0 Å². The Kier molecular flexibility index (Phi) is 3.89. The minimum absolute atomic E-state index is 0.0348. The number of thioether (sulfide) groups is 1. The summed E-state index contributed by atoms with van der Waals surface area (Å²) < 4.78 is 5.98. The lowest BCUT2D eigenvalue weighted by molar-refractivity contribution is -0.142. The van der Waals surface area contributed by atoms with Crippen molar-refractivity contribution in [1.29, 1.82) is 0 Å². The summed E-state index contributed by atoms with van der Waals surface area (Å²) in [5.74, 6) is 2.97. The molecule has 2 rings (SSSR count). The lowest BCUT2D eigenvalue weighted by Crippen LogP contribution is -2.44. The summed E-state index contributed by atoms with van der Waals surface area (Å²) in [7, 11) is 0. The largest absolute Gasteiger partial charge is 0.374 e. The molecule has 98 valence electrons. The third-order valence-corrected chi connectivity index (χ3v) is 5.70. The molecule has 0 saturated carbocycles. The summed E-state index contributed by atoms with van der Waals surface area (Å²) in [6.07, 6.45) is 3.95. The number of rotatable bonds is 3. The highest BCUT2D eigenvalue weighted by molar-refractivity contribution is 7.99. The first kappa shape index (κ1) is 13.4. The van der Waals surface area contributed by atoms with Crippen LogP contribution >= 0.6 is 11.8 Å². The van der Waals surface area contributed by atoms with Crippen LogP contribution in [0.4, 0.5) is 0 Å². The van der Waals surface area contributed by atoms with E-state index in [1.54, 1.807) is 0 Å². The van der Waals surface area contributed by atoms with Crippen molar-refractivity contribution in [2.24, 2.45) is 11.3 Å². The molecule has 2 aliphatic rings. The Morgan fingerprint density at radius 1 is 1.53 bits per heavy atom. The van der Waals surface area contributed by atoms with E-state index in [0.29, 0.717) is 5.78 Å². The Morgan fingerprint density at radius 2 is 2.29 bits per heavy atom. The van der Waals surface area contributed by atoms with Crippen LogP contribution in [0.5, 0.6) is 0 Å². The second-order valence-electron chi connectivity index (χ2n) is 6.13. The number of hydrogen-bond donors (Lipinski definition) is 0. The van der Waals surface area contributed by atoms with Gasteiger partial charge in [0.05, 0.1) is 5.60 Å². The van der Waals surface area contributed by atoms with Gasteiger partial charge in [-0.1, -0.05) is 20.8 Å². The van der Waals surface area contributed by atoms with Gasteiger partial charge in [-0.3, -0.25) is 4.79 Å². The number of ether oxygens (including phenoxy) is 1. The lowest BCUT2D eigenvalue weighted by atomic mass is 9.73. The van der Waals surface area contributed by atoms with Crippen LogP contribution < -0.4 is 0 Å². The molecule has 2 atom stereocenters. The third kappa shape index (κ3) is 2.70. The highest BCUT2D eigenvalue weighted by atomic mass is 32.2. The molecule has 17 heavy (non-hydrogen) atoms. The van der Waals surface area contributed by atoms with Gasteiger partial charge in [0.2, 0.25) is 0 Å². The van der Waals surface area contributed by atoms with E-state index in [-0.39, 0.29) is 16.9 Å². The fourth-order valence-electron chi connectivity index (χ4n) is 2.84. The van der Waals surface area contributed by atoms with Gasteiger partial charge in [-0.25, -0.2) is 0 Å². The van der Waals surface area contributed by atoms with Crippen molar-refractivity contribution in [2.45, 2.75) is 52.1 Å². The maximum atomic E-state index is 12.5. The summed E-state index contributed by atoms with van der Waals surface area (Å²) in [5, 5.41) is 0. The zero-order valence-corrected chi connectivity index (χ0v) is 12.1. The molecule has 0 amide bonds. The lowest BCUT2D eigenvalue weighted by Gasteiger charge is -2.39. The van der Waals surface area contributed by atoms with Crippen molar-refractivity contribution in [2.75, 3.05) is 18.1 Å². The minimum atomic E-state index is -0.158. The summed E-state index contributed by atoms with van der Waals surface area (Å²) >= 11 is 1.97. The molecule has 0 N–H and O–H groups in total. The molecule has 2 aliphatic heterocycles. The van der Waals surface area contributed by atoms with Crippen molar-refractivity contribution in [3.63, 3.8) is 0 Å². The van der Waals surface area contributed by atoms with E-state index in [1.807, 2.05) is 11.8 Å². The Morgan fingerprint density at radius 3 is 2.88 bits per heavy atom. The molecule has 0 aromatic heterocycles. The van der Waals surface area contributed by atoms with E-state index >= 15 is 0 Å². The third-order valence-electron chi connectivity index (χ3n) is 4.48. The second-order valence-corrected chi connectivity index (χ2v) is 7.23. The van der Waals surface area contributed by atoms with Crippen LogP contribution in [0.25, 0.3) is 0 Å². The predicted molar refractivity (Wildman–Crippen MR) is 72.4 cm³/mol. The van der Waals surface area contributed by atoms with Gasteiger partial charge in [0.25, 0.3) is 0 Å². The van der Waals surface area contributed by atoms with Crippen molar-refractivity contribution in [1.82, 2.24) is 0 Å². The van der Waals surface area contributed by atoms with Gasteiger partial charge in [0, 0.05) is 23.7 Å². The fourth-order valence-corrected chi connectivity index (χ4v) is 4.22. The molecule has 2 nitrogen and oxygen atoms in total. The van der Waals surface area contributed by atoms with Gasteiger partial charge in [0.15, 0.2) is 0 Å². The molecule has 1 spiro atoms. The molecule has 3 heteroatoms. The maximum Gasteiger partial charge on any atom is 0.141 e. The molecule has 0 aliphatic carbocycles. The second kappa shape index (κ2) is 4.93. The number of ketones is 1. The predicted octanol–water partition coefficient (Wildman–Crippen LogP) is 3.29. The van der Waals surface area contributed by atoms with E-state index in [1.165, 1.54) is 5.75 Å². The molecule has 2 unspecified atom stereocenters. The molecular weight excluding hydrogens is 232 g/mol. The maximum absolute atomic E-state index is 12.5. The van der Waals surface area contributed by atoms with Gasteiger partial charge in [-0.05, 0) is 31.4 Å². The smallest absolute Gasteiger partial charge is 0.141 e. The fraction of sp³-hybridized carbons (Fsp3) is 0.929. The van der Waals surface area contributed by atoms with Crippen LogP contribution in [0.15, 0.2) is 0 Å². The van der Waals surface area contributed by atoms with Crippen molar-refractivity contribution in [3.05, 3.63) is 0 Å². The van der Waals surface area contributed by atoms with Crippen LogP contribution in [0.1, 0.15) is 46.5 Å². The first-order valence-corrected chi connectivity index (χ1v) is 7.91. The average molecular weight is 256 g/mol. The minimum Gasteiger partial charge on any atom is -0.374 e. The molecule has 2 fully saturated rings. The zero-order valence-electron chi connectivity index (χ0n) is 11.3. The van der Waals surface area contributed by atoms with Gasteiger partial charge in [0.1, 0.15) is 5.78 Å². The van der Waals surface area contributed by atoms with Crippen LogP contribution in [0, 0.1) is 11.3 Å². The van der Waals surface area contributed by atoms with Crippen LogP contribution in [0.2, 0.25) is 0 Å². The van der Waals surface area contributed by atoms with Crippen LogP contribution in [-0.2, 0) is 9.53 Å². The zero-order chi connectivity index (χ0) is 12.5. The Hall–Kier alpha value is -0.0200. The highest BCUT2D eigenvalue weighted by Gasteiger charge is 2.44. The first-order valence-electron chi connectivity index (χ1n) is 6.75. The SMILES string of the molecule is CCC(C)(C)C(=O)C1CCOC2(CCSC2)C1. The van der Waals surface area contributed by atoms with Gasteiger partial charge < -0.3 is 4.74 Å². The summed E-state index contributed by atoms with van der Waals surface area (Å²) in [6.45, 7) is 7.05. The average Bonchev–Trinajstić information content (AvgIpc) is 2.76. The molecule has 0 aromatic rings. The van der Waals surface area contributed by atoms with Gasteiger partial charge in [-0.15, -0.1) is 0 Å². The van der Waals surface area contributed by atoms with Crippen LogP contribution in [-0.4, -0.2) is 29.5 Å². The molecule has 2 heterocycles. The van der Waals surface area contributed by atoms with Crippen molar-refractivity contribution < 1.29 is 9.53 Å². The molecular formula is C14H24O2S. The summed E-state index contributed by atoms with van der Waals surface area (Å²) in [4.78, 5) is 12.5. The molecule has 0 aromatic carbocycles. The van der Waals surface area contributed by atoms with Crippen molar-refractivity contribution in [3.8, 4) is 0 Å². The van der Waals surface area contributed by atoms with Crippen molar-refractivity contribution >= 4 is 17.5 Å². The van der Waals surface area contributed by atoms with Crippen LogP contribution in [0.3, 0.4) is 0 Å². The van der Waals surface area contributed by atoms with E-state index in [0.717, 1.165) is 38.0 Å². The standard InChI is InChI=1S/C14H24O2S/c1-4-13(2,3)12(15)11-5-7-16-14(9-11)6-8-17-10-14/h11H,4-10H2,1-3H3. The Labute approximate surface area is 109 Å². The molecule has 0 radical (unpaired) electrons. The van der Waals surface area contributed by atoms with E-state index < -0.39 is 0 Å². The number of carbonyl (C=O) groups excluding carboxylic acids is 1. The Bertz CT molecular complexity index is 293. The monoisotopic (exact) mass is 256 g/mol. The normalized spacial score (nSPS) is 34.2. The number of Topliss-reactive ketones (excluding diaryl/α,β-unsaturated/α-hetero) is 1. The van der Waals surface area contributed by atoms with E-state index in [2.05, 4.69) is 20.8 Å². The number of hydrogen-bond acceptors (Lipinski definition) is 3. The molecule has 2 saturated heterocycles. The highest BCUT2D eigenvalue weighted by Crippen LogP contribution is 2.42. The summed E-state index contributed by atoms with van der Waals surface area (Å²) in [6, 6.07) is 0. The number of carbonyl (C=O) groups is 1.